The summed E-state index contributed by atoms with van der Waals surface area (Å²) in [7, 11) is 0. The molecule has 0 fully saturated rings. The van der Waals surface area contributed by atoms with Gasteiger partial charge in [0, 0.05) is 35.3 Å². The summed E-state index contributed by atoms with van der Waals surface area (Å²) in [6.45, 7) is 6.73. The molecule has 6 heteroatoms. The minimum atomic E-state index is -0.575. The molecule has 0 amide bonds. The van der Waals surface area contributed by atoms with Crippen molar-refractivity contribution in [3.05, 3.63) is 40.2 Å². The Balaban J connectivity index is 2.59. The van der Waals surface area contributed by atoms with Crippen LogP contribution in [0.25, 0.3) is 10.9 Å². The molecule has 0 saturated carbocycles. The molecular formula is C17H22N2O3S. The summed E-state index contributed by atoms with van der Waals surface area (Å²) < 4.78 is 7.08. The Morgan fingerprint density at radius 3 is 2.74 bits per heavy atom. The minimum Gasteiger partial charge on any atom is -0.459 e. The van der Waals surface area contributed by atoms with Gasteiger partial charge in [0.2, 0.25) is 5.43 Å². The highest BCUT2D eigenvalue weighted by molar-refractivity contribution is 7.99. The third kappa shape index (κ3) is 3.95. The average molecular weight is 334 g/mol. The Bertz CT molecular complexity index is 768. The van der Waals surface area contributed by atoms with Crippen LogP contribution in [-0.4, -0.2) is 28.9 Å². The number of carbonyl (C=O) groups is 1. The van der Waals surface area contributed by atoms with Crippen LogP contribution in [0, 0.1) is 0 Å². The zero-order valence-electron chi connectivity index (χ0n) is 13.7. The van der Waals surface area contributed by atoms with Gasteiger partial charge in [0.25, 0.3) is 0 Å². The third-order valence-electron chi connectivity index (χ3n) is 3.34. The summed E-state index contributed by atoms with van der Waals surface area (Å²) in [5, 5.41) is 0.534. The Morgan fingerprint density at radius 2 is 2.13 bits per heavy atom. The van der Waals surface area contributed by atoms with Crippen molar-refractivity contribution in [2.75, 3.05) is 12.3 Å². The van der Waals surface area contributed by atoms with Gasteiger partial charge in [-0.15, -0.1) is 11.8 Å². The molecule has 2 N–H and O–H groups in total. The number of aromatic nitrogens is 1. The molecule has 0 aliphatic heterocycles. The van der Waals surface area contributed by atoms with Gasteiger partial charge in [-0.1, -0.05) is 0 Å². The Morgan fingerprint density at radius 1 is 1.39 bits per heavy atom. The number of pyridine rings is 1. The Hall–Kier alpha value is -1.79. The average Bonchev–Trinajstić information content (AvgIpc) is 2.52. The second kappa shape index (κ2) is 7.66. The Labute approximate surface area is 139 Å². The largest absolute Gasteiger partial charge is 0.459 e. The van der Waals surface area contributed by atoms with Crippen LogP contribution in [-0.2, 0) is 11.3 Å². The van der Waals surface area contributed by atoms with Crippen molar-refractivity contribution in [3.8, 4) is 0 Å². The molecule has 1 aromatic carbocycles. The van der Waals surface area contributed by atoms with Gasteiger partial charge in [-0.05, 0) is 39.0 Å². The number of hydrogen-bond donors (Lipinski definition) is 1. The molecule has 0 atom stereocenters. The van der Waals surface area contributed by atoms with Crippen LogP contribution < -0.4 is 11.2 Å². The number of aryl methyl sites for hydroxylation is 1. The fourth-order valence-electron chi connectivity index (χ4n) is 2.33. The SMILES string of the molecule is CCn1cc(C(=O)OC(C)C)c(=O)c2cc(SCCN)ccc21. The first-order valence-corrected chi connectivity index (χ1v) is 8.67. The van der Waals surface area contributed by atoms with Crippen molar-refractivity contribution in [1.29, 1.82) is 0 Å². The standard InChI is InChI=1S/C17H22N2O3S/c1-4-19-10-14(17(21)22-11(2)3)16(20)13-9-12(23-8-7-18)5-6-15(13)19/h5-6,9-11H,4,7-8,18H2,1-3H3. The lowest BCUT2D eigenvalue weighted by Crippen LogP contribution is -2.22. The fraction of sp³-hybridized carbons (Fsp3) is 0.412. The summed E-state index contributed by atoms with van der Waals surface area (Å²) >= 11 is 1.59. The van der Waals surface area contributed by atoms with Crippen molar-refractivity contribution in [2.24, 2.45) is 5.73 Å². The molecule has 0 bridgehead atoms. The van der Waals surface area contributed by atoms with Gasteiger partial charge in [-0.2, -0.15) is 0 Å². The van der Waals surface area contributed by atoms with E-state index in [4.69, 9.17) is 10.5 Å². The zero-order valence-corrected chi connectivity index (χ0v) is 14.5. The molecule has 0 spiro atoms. The molecule has 0 aliphatic rings. The van der Waals surface area contributed by atoms with Crippen molar-refractivity contribution < 1.29 is 9.53 Å². The van der Waals surface area contributed by atoms with Gasteiger partial charge in [0.15, 0.2) is 0 Å². The third-order valence-corrected chi connectivity index (χ3v) is 4.37. The summed E-state index contributed by atoms with van der Waals surface area (Å²) in [6, 6.07) is 5.72. The molecule has 1 heterocycles. The smallest absolute Gasteiger partial charge is 0.343 e. The number of fused-ring (bicyclic) bond motifs is 1. The van der Waals surface area contributed by atoms with E-state index >= 15 is 0 Å². The lowest BCUT2D eigenvalue weighted by molar-refractivity contribution is 0.0375. The van der Waals surface area contributed by atoms with E-state index < -0.39 is 5.97 Å². The lowest BCUT2D eigenvalue weighted by atomic mass is 10.1. The number of esters is 1. The van der Waals surface area contributed by atoms with Crippen LogP contribution in [0.15, 0.2) is 34.1 Å². The molecular weight excluding hydrogens is 312 g/mol. The topological polar surface area (TPSA) is 74.3 Å². The van der Waals surface area contributed by atoms with Crippen LogP contribution >= 0.6 is 11.8 Å². The monoisotopic (exact) mass is 334 g/mol. The maximum Gasteiger partial charge on any atom is 0.343 e. The second-order valence-electron chi connectivity index (χ2n) is 5.43. The predicted octanol–water partition coefficient (Wildman–Crippen LogP) is 2.64. The minimum absolute atomic E-state index is 0.0778. The quantitative estimate of drug-likeness (QED) is 0.649. The van der Waals surface area contributed by atoms with Gasteiger partial charge < -0.3 is 15.0 Å². The van der Waals surface area contributed by atoms with E-state index in [9.17, 15) is 9.59 Å². The number of ether oxygens (including phenoxy) is 1. The highest BCUT2D eigenvalue weighted by Gasteiger charge is 2.17. The summed E-state index contributed by atoms with van der Waals surface area (Å²) in [6.07, 6.45) is 1.32. The van der Waals surface area contributed by atoms with E-state index in [1.165, 1.54) is 0 Å². The molecule has 1 aromatic heterocycles. The number of thioether (sulfide) groups is 1. The Kier molecular flexibility index (Phi) is 5.85. The second-order valence-corrected chi connectivity index (χ2v) is 6.60. The molecule has 124 valence electrons. The number of carbonyl (C=O) groups excluding carboxylic acids is 1. The molecule has 2 rings (SSSR count). The molecule has 0 saturated heterocycles. The molecule has 0 radical (unpaired) electrons. The number of rotatable bonds is 6. The first kappa shape index (κ1) is 17.6. The number of nitrogens with two attached hydrogens (primary N) is 1. The van der Waals surface area contributed by atoms with E-state index in [-0.39, 0.29) is 17.1 Å². The van der Waals surface area contributed by atoms with E-state index in [2.05, 4.69) is 0 Å². The maximum atomic E-state index is 12.7. The first-order chi connectivity index (χ1) is 11.0. The first-order valence-electron chi connectivity index (χ1n) is 7.69. The van der Waals surface area contributed by atoms with E-state index in [1.807, 2.05) is 29.7 Å². The number of hydrogen-bond acceptors (Lipinski definition) is 5. The van der Waals surface area contributed by atoms with Gasteiger partial charge in [-0.3, -0.25) is 4.79 Å². The molecule has 2 aromatic rings. The van der Waals surface area contributed by atoms with Crippen LogP contribution in [0.4, 0.5) is 0 Å². The summed E-state index contributed by atoms with van der Waals surface area (Å²) in [5.41, 5.74) is 6.13. The normalized spacial score (nSPS) is 11.2. The predicted molar refractivity (Wildman–Crippen MR) is 94.2 cm³/mol. The molecule has 0 unspecified atom stereocenters. The van der Waals surface area contributed by atoms with Crippen molar-refractivity contribution in [2.45, 2.75) is 38.3 Å². The van der Waals surface area contributed by atoms with Gasteiger partial charge in [0.05, 0.1) is 11.6 Å². The van der Waals surface area contributed by atoms with Crippen LogP contribution in [0.2, 0.25) is 0 Å². The lowest BCUT2D eigenvalue weighted by Gasteiger charge is -2.13. The van der Waals surface area contributed by atoms with E-state index in [0.717, 1.165) is 16.2 Å². The van der Waals surface area contributed by atoms with E-state index in [1.54, 1.807) is 31.8 Å². The molecule has 0 aliphatic carbocycles. The highest BCUT2D eigenvalue weighted by Crippen LogP contribution is 2.22. The van der Waals surface area contributed by atoms with Gasteiger partial charge in [-0.25, -0.2) is 4.79 Å². The maximum absolute atomic E-state index is 12.7. The van der Waals surface area contributed by atoms with Crippen molar-refractivity contribution >= 4 is 28.6 Å². The van der Waals surface area contributed by atoms with Crippen molar-refractivity contribution in [3.63, 3.8) is 0 Å². The summed E-state index contributed by atoms with van der Waals surface area (Å²) in [5.74, 6) is 0.205. The van der Waals surface area contributed by atoms with E-state index in [0.29, 0.717) is 18.5 Å². The molecule has 23 heavy (non-hydrogen) atoms. The van der Waals surface area contributed by atoms with Crippen molar-refractivity contribution in [1.82, 2.24) is 4.57 Å². The zero-order chi connectivity index (χ0) is 17.0. The summed E-state index contributed by atoms with van der Waals surface area (Å²) in [4.78, 5) is 25.9. The fourth-order valence-corrected chi connectivity index (χ4v) is 3.05. The number of nitrogens with zero attached hydrogens (tertiary/aromatic N) is 1. The van der Waals surface area contributed by atoms with Crippen LogP contribution in [0.3, 0.4) is 0 Å². The number of benzene rings is 1. The highest BCUT2D eigenvalue weighted by atomic mass is 32.2. The van der Waals surface area contributed by atoms with Crippen LogP contribution in [0.5, 0.6) is 0 Å². The van der Waals surface area contributed by atoms with Gasteiger partial charge >= 0.3 is 5.97 Å². The van der Waals surface area contributed by atoms with Crippen LogP contribution in [0.1, 0.15) is 31.1 Å². The molecule has 5 nitrogen and oxygen atoms in total. The van der Waals surface area contributed by atoms with Gasteiger partial charge in [0.1, 0.15) is 5.56 Å².